The molecule has 0 atom stereocenters. The fourth-order valence-corrected chi connectivity index (χ4v) is 4.06. The minimum absolute atomic E-state index is 0.172. The first-order chi connectivity index (χ1) is 11.0. The maximum Gasteiger partial charge on any atom is 0.289 e. The number of imidazole rings is 1. The van der Waals surface area contributed by atoms with Crippen molar-refractivity contribution in [2.24, 2.45) is 7.05 Å². The summed E-state index contributed by atoms with van der Waals surface area (Å²) < 4.78 is 18.2. The second kappa shape index (κ2) is 4.92. The summed E-state index contributed by atoms with van der Waals surface area (Å²) in [4.78, 5) is 0. The monoisotopic (exact) mass is 309 g/mol. The van der Waals surface area contributed by atoms with Gasteiger partial charge in [0.25, 0.3) is 5.82 Å². The Kier molecular flexibility index (Phi) is 3.09. The summed E-state index contributed by atoms with van der Waals surface area (Å²) in [5.41, 5.74) is 7.66. The lowest BCUT2D eigenvalue weighted by Crippen LogP contribution is -2.33. The second-order valence-corrected chi connectivity index (χ2v) is 6.90. The average Bonchev–Trinajstić information content (AvgIpc) is 3.04. The van der Waals surface area contributed by atoms with Crippen molar-refractivity contribution in [1.82, 2.24) is 4.57 Å². The van der Waals surface area contributed by atoms with Gasteiger partial charge in [-0.3, -0.25) is 0 Å². The van der Waals surface area contributed by atoms with E-state index in [1.165, 1.54) is 28.0 Å². The van der Waals surface area contributed by atoms with Gasteiger partial charge in [-0.05, 0) is 48.2 Å². The Morgan fingerprint density at radius 2 is 1.96 bits per heavy atom. The molecule has 1 aliphatic heterocycles. The van der Waals surface area contributed by atoms with Crippen molar-refractivity contribution in [2.75, 3.05) is 0 Å². The number of halogens is 1. The van der Waals surface area contributed by atoms with E-state index in [1.54, 1.807) is 12.1 Å². The largest absolute Gasteiger partial charge is 0.289 e. The van der Waals surface area contributed by atoms with Gasteiger partial charge < -0.3 is 0 Å². The molecule has 1 aromatic heterocycles. The van der Waals surface area contributed by atoms with Crippen LogP contribution in [0, 0.1) is 12.7 Å². The van der Waals surface area contributed by atoms with Gasteiger partial charge in [0.05, 0.1) is 19.2 Å². The summed E-state index contributed by atoms with van der Waals surface area (Å²) in [5, 5.41) is 0. The molecule has 4 rings (SSSR count). The first-order valence-corrected chi connectivity index (χ1v) is 8.29. The molecule has 0 amide bonds. The highest BCUT2D eigenvalue weighted by atomic mass is 19.1. The Morgan fingerprint density at radius 1 is 1.17 bits per heavy atom. The van der Waals surface area contributed by atoms with E-state index in [9.17, 15) is 4.39 Å². The summed E-state index contributed by atoms with van der Waals surface area (Å²) in [5.74, 6) is 1.54. The minimum atomic E-state index is -0.172. The van der Waals surface area contributed by atoms with Crippen LogP contribution >= 0.6 is 0 Å². The van der Waals surface area contributed by atoms with Gasteiger partial charge in [-0.1, -0.05) is 19.9 Å². The third-order valence-electron chi connectivity index (χ3n) is 5.14. The first kappa shape index (κ1) is 14.4. The Hall–Kier alpha value is -2.16. The first-order valence-electron chi connectivity index (χ1n) is 8.29. The summed E-state index contributed by atoms with van der Waals surface area (Å²) in [6, 6.07) is 9.60. The van der Waals surface area contributed by atoms with Crippen LogP contribution in [0.4, 0.5) is 4.39 Å². The standard InChI is InChI=1S/C20H22FN2/c1-12(2)15-7-8-18-19-17(15)9-10-23(19)20(22(18)4)16-6-5-14(21)11-13(16)3/h5-8,11-12H,9-10H2,1-4H3/q+1. The van der Waals surface area contributed by atoms with Gasteiger partial charge in [-0.25, -0.2) is 13.5 Å². The highest BCUT2D eigenvalue weighted by Gasteiger charge is 2.32. The summed E-state index contributed by atoms with van der Waals surface area (Å²) in [6.45, 7) is 7.50. The number of rotatable bonds is 2. The van der Waals surface area contributed by atoms with Crippen molar-refractivity contribution in [3.63, 3.8) is 0 Å². The quantitative estimate of drug-likeness (QED) is 0.625. The van der Waals surface area contributed by atoms with Crippen LogP contribution in [-0.4, -0.2) is 4.57 Å². The molecule has 0 aliphatic carbocycles. The van der Waals surface area contributed by atoms with Crippen LogP contribution in [0.2, 0.25) is 0 Å². The van der Waals surface area contributed by atoms with Crippen molar-refractivity contribution in [3.05, 3.63) is 52.8 Å². The van der Waals surface area contributed by atoms with Gasteiger partial charge in [-0.2, -0.15) is 0 Å². The van der Waals surface area contributed by atoms with E-state index < -0.39 is 0 Å². The molecule has 0 saturated heterocycles. The molecule has 1 aliphatic rings. The van der Waals surface area contributed by atoms with Crippen molar-refractivity contribution < 1.29 is 8.96 Å². The van der Waals surface area contributed by atoms with Crippen molar-refractivity contribution in [1.29, 1.82) is 0 Å². The third-order valence-corrected chi connectivity index (χ3v) is 5.14. The van der Waals surface area contributed by atoms with Gasteiger partial charge >= 0.3 is 0 Å². The smallest absolute Gasteiger partial charge is 0.226 e. The molecule has 2 heterocycles. The molecule has 2 aromatic carbocycles. The van der Waals surface area contributed by atoms with Gasteiger partial charge in [0.1, 0.15) is 5.82 Å². The van der Waals surface area contributed by atoms with Crippen molar-refractivity contribution >= 4 is 11.0 Å². The zero-order chi connectivity index (χ0) is 16.3. The van der Waals surface area contributed by atoms with Crippen molar-refractivity contribution in [2.45, 2.75) is 39.7 Å². The molecule has 0 fully saturated rings. The van der Waals surface area contributed by atoms with E-state index in [1.807, 2.05) is 13.0 Å². The lowest BCUT2D eigenvalue weighted by Gasteiger charge is -2.08. The molecule has 0 saturated carbocycles. The van der Waals surface area contributed by atoms with E-state index in [0.717, 1.165) is 24.1 Å². The molecule has 118 valence electrons. The Balaban J connectivity index is 2.06. The Morgan fingerprint density at radius 3 is 2.65 bits per heavy atom. The maximum absolute atomic E-state index is 13.5. The molecular weight excluding hydrogens is 287 g/mol. The number of nitrogens with zero attached hydrogens (tertiary/aromatic N) is 2. The molecule has 0 radical (unpaired) electrons. The number of aromatic nitrogens is 2. The van der Waals surface area contributed by atoms with Crippen LogP contribution in [0.25, 0.3) is 22.4 Å². The number of hydrogen-bond acceptors (Lipinski definition) is 0. The molecule has 2 nitrogen and oxygen atoms in total. The fourth-order valence-electron chi connectivity index (χ4n) is 4.06. The molecular formula is C20H22FN2+. The van der Waals surface area contributed by atoms with Gasteiger partial charge in [0, 0.05) is 12.0 Å². The van der Waals surface area contributed by atoms with Gasteiger partial charge in [0.15, 0.2) is 11.0 Å². The topological polar surface area (TPSA) is 8.81 Å². The van der Waals surface area contributed by atoms with Crippen LogP contribution in [-0.2, 0) is 20.0 Å². The molecule has 23 heavy (non-hydrogen) atoms. The molecule has 3 aromatic rings. The van der Waals surface area contributed by atoms with E-state index in [0.29, 0.717) is 5.92 Å². The number of hydrogen-bond donors (Lipinski definition) is 0. The Bertz CT molecular complexity index is 935. The van der Waals surface area contributed by atoms with E-state index >= 15 is 0 Å². The van der Waals surface area contributed by atoms with Gasteiger partial charge in [-0.15, -0.1) is 0 Å². The van der Waals surface area contributed by atoms with Crippen LogP contribution in [0.1, 0.15) is 36.5 Å². The molecule has 0 spiro atoms. The van der Waals surface area contributed by atoms with Crippen molar-refractivity contribution in [3.8, 4) is 11.4 Å². The minimum Gasteiger partial charge on any atom is -0.226 e. The summed E-state index contributed by atoms with van der Waals surface area (Å²) >= 11 is 0. The van der Waals surface area contributed by atoms with E-state index in [4.69, 9.17) is 0 Å². The lowest BCUT2D eigenvalue weighted by molar-refractivity contribution is -0.653. The lowest BCUT2D eigenvalue weighted by atomic mass is 9.95. The van der Waals surface area contributed by atoms with Crippen LogP contribution < -0.4 is 4.57 Å². The SMILES string of the molecule is Cc1cc(F)ccc1-c1n(C)c2ccc(C(C)C)c3c2[n+]1CC3. The summed E-state index contributed by atoms with van der Waals surface area (Å²) in [6.07, 6.45) is 1.09. The van der Waals surface area contributed by atoms with E-state index in [-0.39, 0.29) is 5.82 Å². The third kappa shape index (κ3) is 1.95. The summed E-state index contributed by atoms with van der Waals surface area (Å²) in [7, 11) is 2.11. The number of aryl methyl sites for hydroxylation is 4. The molecule has 0 unspecified atom stereocenters. The molecule has 3 heteroatoms. The van der Waals surface area contributed by atoms with Crippen LogP contribution in [0.5, 0.6) is 0 Å². The maximum atomic E-state index is 13.5. The highest BCUT2D eigenvalue weighted by molar-refractivity contribution is 5.81. The zero-order valence-corrected chi connectivity index (χ0v) is 14.2. The fraction of sp³-hybridized carbons (Fsp3) is 0.350. The zero-order valence-electron chi connectivity index (χ0n) is 14.2. The van der Waals surface area contributed by atoms with Gasteiger partial charge in [0.2, 0.25) is 0 Å². The molecule has 0 N–H and O–H groups in total. The Labute approximate surface area is 136 Å². The normalized spacial score (nSPS) is 13.5. The number of benzene rings is 2. The van der Waals surface area contributed by atoms with Crippen LogP contribution in [0.15, 0.2) is 30.3 Å². The average molecular weight is 309 g/mol. The predicted octanol–water partition coefficient (Wildman–Crippen LogP) is 4.26. The second-order valence-electron chi connectivity index (χ2n) is 6.90. The highest BCUT2D eigenvalue weighted by Crippen LogP contribution is 2.33. The molecule has 0 bridgehead atoms. The predicted molar refractivity (Wildman–Crippen MR) is 91.0 cm³/mol. The van der Waals surface area contributed by atoms with E-state index in [2.05, 4.69) is 42.2 Å². The van der Waals surface area contributed by atoms with Crippen LogP contribution in [0.3, 0.4) is 0 Å².